The molecule has 0 saturated carbocycles. The summed E-state index contributed by atoms with van der Waals surface area (Å²) in [7, 11) is 0. The van der Waals surface area contributed by atoms with Crippen molar-refractivity contribution in [2.45, 2.75) is 12.5 Å². The van der Waals surface area contributed by atoms with E-state index in [1.165, 1.54) is 0 Å². The summed E-state index contributed by atoms with van der Waals surface area (Å²) in [5.74, 6) is 0.912. The third kappa shape index (κ3) is 3.40. The first kappa shape index (κ1) is 15.4. The van der Waals surface area contributed by atoms with Gasteiger partial charge in [0.1, 0.15) is 0 Å². The van der Waals surface area contributed by atoms with E-state index in [4.69, 9.17) is 0 Å². The van der Waals surface area contributed by atoms with Crippen molar-refractivity contribution in [3.8, 4) is 11.3 Å². The van der Waals surface area contributed by atoms with Crippen LogP contribution in [-0.4, -0.2) is 35.2 Å². The molecular weight excluding hydrogens is 312 g/mol. The molecule has 25 heavy (non-hydrogen) atoms. The van der Waals surface area contributed by atoms with Crippen molar-refractivity contribution in [1.29, 1.82) is 0 Å². The lowest BCUT2D eigenvalue weighted by atomic mass is 10.1. The first-order valence-corrected chi connectivity index (χ1v) is 8.51. The van der Waals surface area contributed by atoms with Crippen molar-refractivity contribution >= 4 is 11.7 Å². The standard InChI is InChI=1S/C20H20N4O/c25-20(16-9-5-2-6-10-16)21-17-11-12-24(14-17)19-13-18(22-23-19)15-7-3-1-4-8-15/h1-10,13,17H,11-12,14H2,(H,21,25)(H,22,23). The predicted molar refractivity (Wildman–Crippen MR) is 98.5 cm³/mol. The molecule has 126 valence electrons. The maximum atomic E-state index is 12.3. The van der Waals surface area contributed by atoms with Gasteiger partial charge in [-0.1, -0.05) is 48.5 Å². The number of carbonyl (C=O) groups is 1. The number of hydrogen-bond acceptors (Lipinski definition) is 3. The van der Waals surface area contributed by atoms with E-state index in [9.17, 15) is 4.79 Å². The van der Waals surface area contributed by atoms with Gasteiger partial charge in [0.2, 0.25) is 0 Å². The molecule has 1 fully saturated rings. The molecule has 1 unspecified atom stereocenters. The molecule has 2 heterocycles. The summed E-state index contributed by atoms with van der Waals surface area (Å²) in [5, 5.41) is 10.7. The zero-order chi connectivity index (χ0) is 17.1. The van der Waals surface area contributed by atoms with Gasteiger partial charge >= 0.3 is 0 Å². The van der Waals surface area contributed by atoms with E-state index in [2.05, 4.69) is 38.6 Å². The van der Waals surface area contributed by atoms with Gasteiger partial charge in [-0.05, 0) is 24.1 Å². The average molecular weight is 332 g/mol. The van der Waals surface area contributed by atoms with Crippen molar-refractivity contribution in [2.75, 3.05) is 18.0 Å². The number of nitrogens with zero attached hydrogens (tertiary/aromatic N) is 2. The van der Waals surface area contributed by atoms with Crippen LogP contribution in [0.15, 0.2) is 66.7 Å². The van der Waals surface area contributed by atoms with Crippen LogP contribution in [0.2, 0.25) is 0 Å². The molecule has 0 bridgehead atoms. The molecule has 5 heteroatoms. The highest BCUT2D eigenvalue weighted by Crippen LogP contribution is 2.24. The summed E-state index contributed by atoms with van der Waals surface area (Å²) >= 11 is 0. The molecule has 0 spiro atoms. The third-order valence-electron chi connectivity index (χ3n) is 4.53. The largest absolute Gasteiger partial charge is 0.353 e. The third-order valence-corrected chi connectivity index (χ3v) is 4.53. The number of benzene rings is 2. The van der Waals surface area contributed by atoms with Gasteiger partial charge in [-0.25, -0.2) is 0 Å². The van der Waals surface area contributed by atoms with Crippen LogP contribution >= 0.6 is 0 Å². The van der Waals surface area contributed by atoms with Crippen LogP contribution in [0.5, 0.6) is 0 Å². The number of anilines is 1. The van der Waals surface area contributed by atoms with Crippen molar-refractivity contribution in [2.24, 2.45) is 0 Å². The van der Waals surface area contributed by atoms with Gasteiger partial charge in [0.25, 0.3) is 5.91 Å². The fraction of sp³-hybridized carbons (Fsp3) is 0.200. The van der Waals surface area contributed by atoms with E-state index < -0.39 is 0 Å². The fourth-order valence-electron chi connectivity index (χ4n) is 3.18. The Morgan fingerprint density at radius 1 is 1.08 bits per heavy atom. The van der Waals surface area contributed by atoms with E-state index in [0.29, 0.717) is 5.56 Å². The Kier molecular flexibility index (Phi) is 4.21. The number of H-pyrrole nitrogens is 1. The minimum absolute atomic E-state index is 0.0144. The number of hydrogen-bond donors (Lipinski definition) is 2. The average Bonchev–Trinajstić information content (AvgIpc) is 3.32. The summed E-state index contributed by atoms with van der Waals surface area (Å²) in [6.07, 6.45) is 0.923. The monoisotopic (exact) mass is 332 g/mol. The van der Waals surface area contributed by atoms with Crippen LogP contribution < -0.4 is 10.2 Å². The molecule has 1 aliphatic rings. The first-order chi connectivity index (χ1) is 12.3. The minimum Gasteiger partial charge on any atom is -0.353 e. The summed E-state index contributed by atoms with van der Waals surface area (Å²) < 4.78 is 0. The lowest BCUT2D eigenvalue weighted by Gasteiger charge is -2.16. The number of aromatic nitrogens is 2. The predicted octanol–water partition coefficient (Wildman–Crippen LogP) is 3.09. The highest BCUT2D eigenvalue weighted by molar-refractivity contribution is 5.94. The van der Waals surface area contributed by atoms with E-state index in [1.807, 2.05) is 48.5 Å². The van der Waals surface area contributed by atoms with Gasteiger partial charge in [0.15, 0.2) is 5.82 Å². The molecule has 1 saturated heterocycles. The summed E-state index contributed by atoms with van der Waals surface area (Å²) in [4.78, 5) is 14.5. The molecule has 1 aliphatic heterocycles. The second kappa shape index (κ2) is 6.81. The van der Waals surface area contributed by atoms with E-state index in [-0.39, 0.29) is 11.9 Å². The maximum absolute atomic E-state index is 12.3. The molecule has 2 aromatic carbocycles. The number of rotatable bonds is 4. The van der Waals surface area contributed by atoms with Gasteiger partial charge in [0, 0.05) is 30.8 Å². The number of aromatic amines is 1. The molecule has 0 aliphatic carbocycles. The number of nitrogens with one attached hydrogen (secondary N) is 2. The molecule has 1 amide bonds. The second-order valence-corrected chi connectivity index (χ2v) is 6.28. The van der Waals surface area contributed by atoms with E-state index >= 15 is 0 Å². The zero-order valence-corrected chi connectivity index (χ0v) is 13.9. The Labute approximate surface area is 146 Å². The molecular formula is C20H20N4O. The van der Waals surface area contributed by atoms with E-state index in [0.717, 1.165) is 36.6 Å². The smallest absolute Gasteiger partial charge is 0.251 e. The zero-order valence-electron chi connectivity index (χ0n) is 13.9. The molecule has 4 rings (SSSR count). The van der Waals surface area contributed by atoms with Gasteiger partial charge in [-0.2, -0.15) is 5.10 Å². The summed E-state index contributed by atoms with van der Waals surface area (Å²) in [6.45, 7) is 1.66. The Balaban J connectivity index is 1.40. The highest BCUT2D eigenvalue weighted by atomic mass is 16.1. The van der Waals surface area contributed by atoms with Crippen LogP contribution in [-0.2, 0) is 0 Å². The first-order valence-electron chi connectivity index (χ1n) is 8.51. The Morgan fingerprint density at radius 2 is 1.80 bits per heavy atom. The molecule has 2 N–H and O–H groups in total. The molecule has 5 nitrogen and oxygen atoms in total. The van der Waals surface area contributed by atoms with Gasteiger partial charge in [-0.3, -0.25) is 9.89 Å². The Bertz CT molecular complexity index is 844. The second-order valence-electron chi connectivity index (χ2n) is 6.28. The molecule has 3 aromatic rings. The number of carbonyl (C=O) groups excluding carboxylic acids is 1. The lowest BCUT2D eigenvalue weighted by Crippen LogP contribution is -2.37. The van der Waals surface area contributed by atoms with Crippen LogP contribution in [0.25, 0.3) is 11.3 Å². The van der Waals surface area contributed by atoms with Crippen molar-refractivity contribution < 1.29 is 4.79 Å². The van der Waals surface area contributed by atoms with Crippen molar-refractivity contribution in [3.63, 3.8) is 0 Å². The van der Waals surface area contributed by atoms with Gasteiger partial charge in [-0.15, -0.1) is 0 Å². The fourth-order valence-corrected chi connectivity index (χ4v) is 3.18. The SMILES string of the molecule is O=C(NC1CCN(c2cc(-c3ccccc3)[nH]n2)C1)c1ccccc1. The van der Waals surface area contributed by atoms with E-state index in [1.54, 1.807) is 0 Å². The molecule has 0 radical (unpaired) electrons. The van der Waals surface area contributed by atoms with Crippen molar-refractivity contribution in [1.82, 2.24) is 15.5 Å². The molecule has 1 atom stereocenters. The number of amides is 1. The Hall–Kier alpha value is -3.08. The lowest BCUT2D eigenvalue weighted by molar-refractivity contribution is 0.0940. The van der Waals surface area contributed by atoms with Gasteiger partial charge < -0.3 is 10.2 Å². The summed E-state index contributed by atoms with van der Waals surface area (Å²) in [5.41, 5.74) is 2.83. The van der Waals surface area contributed by atoms with Gasteiger partial charge in [0.05, 0.1) is 5.69 Å². The van der Waals surface area contributed by atoms with Crippen LogP contribution in [0.4, 0.5) is 5.82 Å². The van der Waals surface area contributed by atoms with Crippen LogP contribution in [0.3, 0.4) is 0 Å². The van der Waals surface area contributed by atoms with Crippen LogP contribution in [0.1, 0.15) is 16.8 Å². The molecule has 1 aromatic heterocycles. The highest BCUT2D eigenvalue weighted by Gasteiger charge is 2.25. The van der Waals surface area contributed by atoms with Crippen molar-refractivity contribution in [3.05, 3.63) is 72.3 Å². The van der Waals surface area contributed by atoms with Crippen LogP contribution in [0, 0.1) is 0 Å². The topological polar surface area (TPSA) is 61.0 Å². The Morgan fingerprint density at radius 3 is 2.56 bits per heavy atom. The quantitative estimate of drug-likeness (QED) is 0.772. The minimum atomic E-state index is -0.0144. The normalized spacial score (nSPS) is 16.8. The summed E-state index contributed by atoms with van der Waals surface area (Å²) in [6, 6.07) is 21.7. The maximum Gasteiger partial charge on any atom is 0.251 e.